The lowest BCUT2D eigenvalue weighted by Gasteiger charge is -2.63. The fourth-order valence-electron chi connectivity index (χ4n) is 9.53. The lowest BCUT2D eigenvalue weighted by molar-refractivity contribution is -0.146. The molecule has 5 rings (SSSR count). The Hall–Kier alpha value is -1.84. The highest BCUT2D eigenvalue weighted by molar-refractivity contribution is 5.87. The number of fused-ring (bicyclic) bond motifs is 5. The van der Waals surface area contributed by atoms with Crippen LogP contribution in [-0.2, 0) is 11.2 Å². The van der Waals surface area contributed by atoms with Gasteiger partial charge in [0.25, 0.3) is 0 Å². The molecule has 0 aromatic carbocycles. The van der Waals surface area contributed by atoms with Crippen LogP contribution in [0.3, 0.4) is 0 Å². The molecule has 3 saturated carbocycles. The topological polar surface area (TPSA) is 67.5 Å². The molecule has 34 heavy (non-hydrogen) atoms. The molecule has 3 fully saturated rings. The van der Waals surface area contributed by atoms with Crippen LogP contribution >= 0.6 is 0 Å². The first-order valence-electron chi connectivity index (χ1n) is 13.4. The summed E-state index contributed by atoms with van der Waals surface area (Å²) in [6.45, 7) is 14.3. The second kappa shape index (κ2) is 7.58. The summed E-state index contributed by atoms with van der Waals surface area (Å²) >= 11 is 0. The van der Waals surface area contributed by atoms with Gasteiger partial charge >= 0.3 is 5.97 Å². The second-order valence-electron chi connectivity index (χ2n) is 13.4. The van der Waals surface area contributed by atoms with Gasteiger partial charge < -0.3 is 9.52 Å². The van der Waals surface area contributed by atoms with E-state index in [1.165, 1.54) is 31.9 Å². The van der Waals surface area contributed by atoms with E-state index in [-0.39, 0.29) is 27.2 Å². The van der Waals surface area contributed by atoms with Gasteiger partial charge in [0.05, 0.1) is 5.56 Å². The number of carboxylic acid groups (broad SMARTS) is 1. The molecule has 0 spiro atoms. The van der Waals surface area contributed by atoms with Gasteiger partial charge in [0.2, 0.25) is 0 Å². The van der Waals surface area contributed by atoms with E-state index in [0.717, 1.165) is 31.4 Å². The fourth-order valence-corrected chi connectivity index (χ4v) is 9.53. The lowest BCUT2D eigenvalue weighted by Crippen LogP contribution is -2.57. The maximum absolute atomic E-state index is 12.8. The molecule has 1 heterocycles. The van der Waals surface area contributed by atoms with E-state index in [9.17, 15) is 14.7 Å². The highest BCUT2D eigenvalue weighted by Crippen LogP contribution is 2.73. The molecule has 4 aliphatic rings. The molecule has 0 amide bonds. The number of hydrogen-bond donors (Lipinski definition) is 1. The van der Waals surface area contributed by atoms with Crippen molar-refractivity contribution in [2.45, 2.75) is 92.9 Å². The Morgan fingerprint density at radius 1 is 1.15 bits per heavy atom. The van der Waals surface area contributed by atoms with Crippen molar-refractivity contribution in [3.8, 4) is 0 Å². The van der Waals surface area contributed by atoms with Crippen LogP contribution in [0.5, 0.6) is 0 Å². The first-order valence-corrected chi connectivity index (χ1v) is 13.4. The molecule has 1 N–H and O–H groups in total. The van der Waals surface area contributed by atoms with E-state index in [1.807, 2.05) is 0 Å². The van der Waals surface area contributed by atoms with Crippen molar-refractivity contribution in [1.29, 1.82) is 0 Å². The summed E-state index contributed by atoms with van der Waals surface area (Å²) in [7, 11) is 0. The lowest BCUT2D eigenvalue weighted by atomic mass is 9.41. The number of aromatic carboxylic acids is 1. The molecule has 0 bridgehead atoms. The molecular weight excluding hydrogens is 424 g/mol. The molecule has 186 valence electrons. The molecule has 7 atom stereocenters. The van der Waals surface area contributed by atoms with Gasteiger partial charge in [-0.3, -0.25) is 4.79 Å². The Labute approximate surface area is 204 Å². The zero-order valence-electron chi connectivity index (χ0n) is 21.9. The van der Waals surface area contributed by atoms with Crippen molar-refractivity contribution < 1.29 is 19.1 Å². The molecule has 4 heteroatoms. The number of rotatable bonds is 4. The molecule has 0 unspecified atom stereocenters. The minimum atomic E-state index is -0.926. The Balaban J connectivity index is 1.43. The van der Waals surface area contributed by atoms with Gasteiger partial charge in [0.15, 0.2) is 0 Å². The summed E-state index contributed by atoms with van der Waals surface area (Å²) in [4.78, 5) is 24.1. The minimum absolute atomic E-state index is 0.198. The van der Waals surface area contributed by atoms with Crippen LogP contribution in [0.2, 0.25) is 0 Å². The van der Waals surface area contributed by atoms with Gasteiger partial charge in [0, 0.05) is 18.3 Å². The normalized spacial score (nSPS) is 41.8. The molecule has 1 aromatic rings. The number of hydrogen-bond acceptors (Lipinski definition) is 3. The van der Waals surface area contributed by atoms with Crippen LogP contribution in [0.1, 0.15) is 103 Å². The minimum Gasteiger partial charge on any atom is -0.478 e. The number of carbonyl (C=O) groups excluding carboxylic acids is 1. The standard InChI is InChI=1S/C30H42O4/c1-18(15-20-16-19(17-34-20)26(32)33)21-9-13-30(6)23-7-8-24-27(2,3)25(31)11-12-28(24,4)22(23)10-14-29(21,30)5/h7,16-18,21-22,24H,8-15H2,1-6H3,(H,32,33)/t18-,21+,22-,24+,28-,29-,30+/m1/s1. The van der Waals surface area contributed by atoms with Crippen LogP contribution in [-0.4, -0.2) is 16.9 Å². The summed E-state index contributed by atoms with van der Waals surface area (Å²) < 4.78 is 5.62. The third-order valence-corrected chi connectivity index (χ3v) is 11.8. The molecule has 1 aromatic heterocycles. The molecule has 4 nitrogen and oxygen atoms in total. The number of Topliss-reactive ketones (excluding diaryl/α,β-unsaturated/α-hetero) is 1. The summed E-state index contributed by atoms with van der Waals surface area (Å²) in [6, 6.07) is 1.70. The fraction of sp³-hybridized carbons (Fsp3) is 0.733. The van der Waals surface area contributed by atoms with E-state index in [1.54, 1.807) is 11.6 Å². The monoisotopic (exact) mass is 466 g/mol. The van der Waals surface area contributed by atoms with Crippen LogP contribution in [0, 0.1) is 45.3 Å². The van der Waals surface area contributed by atoms with Gasteiger partial charge in [-0.25, -0.2) is 4.79 Å². The summed E-state index contributed by atoms with van der Waals surface area (Å²) in [5.41, 5.74) is 2.38. The van der Waals surface area contributed by atoms with Gasteiger partial charge in [-0.2, -0.15) is 0 Å². The maximum Gasteiger partial charge on any atom is 0.338 e. The van der Waals surface area contributed by atoms with Gasteiger partial charge in [-0.15, -0.1) is 0 Å². The third kappa shape index (κ3) is 3.09. The number of furan rings is 1. The van der Waals surface area contributed by atoms with Crippen LogP contribution < -0.4 is 0 Å². The number of allylic oxidation sites excluding steroid dienone is 2. The Morgan fingerprint density at radius 2 is 1.88 bits per heavy atom. The van der Waals surface area contributed by atoms with E-state index in [0.29, 0.717) is 29.5 Å². The Kier molecular flexibility index (Phi) is 5.32. The van der Waals surface area contributed by atoms with Crippen LogP contribution in [0.15, 0.2) is 28.4 Å². The van der Waals surface area contributed by atoms with Crippen LogP contribution in [0.25, 0.3) is 0 Å². The van der Waals surface area contributed by atoms with Gasteiger partial charge in [0.1, 0.15) is 17.8 Å². The molecule has 4 aliphatic carbocycles. The SMILES string of the molecule is C[C@H](Cc1cc(C(=O)O)co1)[C@@H]1CC[C@@]2(C)C3=CC[C@H]4C(C)(C)C(=O)CC[C@]4(C)[C@@H]3CC[C@]12C. The summed E-state index contributed by atoms with van der Waals surface area (Å²) in [5, 5.41) is 9.25. The van der Waals surface area contributed by atoms with Crippen molar-refractivity contribution in [3.63, 3.8) is 0 Å². The van der Waals surface area contributed by atoms with Gasteiger partial charge in [-0.05, 0) is 84.5 Å². The highest BCUT2D eigenvalue weighted by Gasteiger charge is 2.65. The predicted molar refractivity (Wildman–Crippen MR) is 133 cm³/mol. The van der Waals surface area contributed by atoms with Crippen molar-refractivity contribution in [3.05, 3.63) is 35.3 Å². The molecule has 0 saturated heterocycles. The first kappa shape index (κ1) is 23.9. The number of carboxylic acids is 1. The molecule has 0 radical (unpaired) electrons. The van der Waals surface area contributed by atoms with Crippen molar-refractivity contribution in [2.75, 3.05) is 0 Å². The van der Waals surface area contributed by atoms with E-state index in [4.69, 9.17) is 4.42 Å². The Bertz CT molecular complexity index is 1050. The molecular formula is C30H42O4. The third-order valence-electron chi connectivity index (χ3n) is 11.8. The number of ketones is 1. The average Bonchev–Trinajstić information content (AvgIpc) is 3.33. The van der Waals surface area contributed by atoms with Crippen molar-refractivity contribution >= 4 is 11.8 Å². The predicted octanol–water partition coefficient (Wildman–Crippen LogP) is 7.33. The summed E-state index contributed by atoms with van der Waals surface area (Å²) in [6.07, 6.45) is 12.5. The van der Waals surface area contributed by atoms with Crippen molar-refractivity contribution in [2.24, 2.45) is 45.3 Å². The van der Waals surface area contributed by atoms with E-state index in [2.05, 4.69) is 47.6 Å². The zero-order valence-corrected chi connectivity index (χ0v) is 21.9. The largest absolute Gasteiger partial charge is 0.478 e. The van der Waals surface area contributed by atoms with E-state index >= 15 is 0 Å². The second-order valence-corrected chi connectivity index (χ2v) is 13.4. The first-order chi connectivity index (χ1) is 15.8. The average molecular weight is 467 g/mol. The quantitative estimate of drug-likeness (QED) is 0.472. The zero-order chi connectivity index (χ0) is 24.7. The van der Waals surface area contributed by atoms with E-state index < -0.39 is 5.97 Å². The van der Waals surface area contributed by atoms with Gasteiger partial charge in [-0.1, -0.05) is 53.2 Å². The molecule has 0 aliphatic heterocycles. The Morgan fingerprint density at radius 3 is 2.56 bits per heavy atom. The highest BCUT2D eigenvalue weighted by atomic mass is 16.4. The smallest absolute Gasteiger partial charge is 0.338 e. The van der Waals surface area contributed by atoms with Crippen molar-refractivity contribution in [1.82, 2.24) is 0 Å². The summed E-state index contributed by atoms with van der Waals surface area (Å²) in [5.74, 6) is 2.39. The maximum atomic E-state index is 12.8. The number of carbonyl (C=O) groups is 2. The van der Waals surface area contributed by atoms with Crippen LogP contribution in [0.4, 0.5) is 0 Å².